The van der Waals surface area contributed by atoms with Gasteiger partial charge in [-0.05, 0) is 49.4 Å². The van der Waals surface area contributed by atoms with Gasteiger partial charge in [0.25, 0.3) is 0 Å². The van der Waals surface area contributed by atoms with Crippen molar-refractivity contribution in [2.75, 3.05) is 6.54 Å². The topological polar surface area (TPSA) is 66.4 Å². The van der Waals surface area contributed by atoms with Crippen LogP contribution >= 0.6 is 0 Å². The van der Waals surface area contributed by atoms with E-state index in [9.17, 15) is 8.42 Å². The lowest BCUT2D eigenvalue weighted by Crippen LogP contribution is -2.30. The largest absolute Gasteiger partial charge is 0.392 e. The number of hydrogen-bond acceptors (Lipinski definition) is 3. The van der Waals surface area contributed by atoms with E-state index in [-0.39, 0.29) is 6.54 Å². The Balaban J connectivity index is 2.22. The van der Waals surface area contributed by atoms with Gasteiger partial charge in [-0.2, -0.15) is 0 Å². The molecular weight excluding hydrogens is 238 g/mol. The van der Waals surface area contributed by atoms with E-state index in [0.29, 0.717) is 4.90 Å². The Labute approximate surface area is 102 Å². The minimum absolute atomic E-state index is 0.0411. The zero-order valence-electron chi connectivity index (χ0n) is 9.81. The maximum atomic E-state index is 11.9. The molecule has 1 aliphatic carbocycles. The monoisotopic (exact) mass is 255 g/mol. The fourth-order valence-electron chi connectivity index (χ4n) is 2.03. The van der Waals surface area contributed by atoms with Crippen molar-refractivity contribution in [3.63, 3.8) is 0 Å². The highest BCUT2D eigenvalue weighted by Crippen LogP contribution is 2.24. The summed E-state index contributed by atoms with van der Waals surface area (Å²) in [5.41, 5.74) is 2.38. The summed E-state index contributed by atoms with van der Waals surface area (Å²) in [4.78, 5) is 0.291. The number of sulfonamides is 1. The summed E-state index contributed by atoms with van der Waals surface area (Å²) in [6, 6.07) is 5.26. The van der Waals surface area contributed by atoms with Crippen molar-refractivity contribution in [1.82, 2.24) is 4.72 Å². The number of aliphatic hydroxyl groups excluding tert-OH is 1. The minimum Gasteiger partial charge on any atom is -0.392 e. The van der Waals surface area contributed by atoms with E-state index in [1.54, 1.807) is 19.1 Å². The molecule has 1 atom stereocenters. The molecule has 0 fully saturated rings. The van der Waals surface area contributed by atoms with Gasteiger partial charge >= 0.3 is 0 Å². The molecule has 2 rings (SSSR count). The first-order valence-electron chi connectivity index (χ1n) is 5.78. The lowest BCUT2D eigenvalue weighted by atomic mass is 10.1. The van der Waals surface area contributed by atoms with E-state index < -0.39 is 16.1 Å². The van der Waals surface area contributed by atoms with Crippen molar-refractivity contribution in [2.24, 2.45) is 0 Å². The normalized spacial score (nSPS) is 16.8. The molecule has 1 aliphatic rings. The first-order valence-corrected chi connectivity index (χ1v) is 7.27. The molecule has 0 heterocycles. The first-order chi connectivity index (χ1) is 7.99. The molecule has 0 bridgehead atoms. The lowest BCUT2D eigenvalue weighted by Gasteiger charge is -2.09. The summed E-state index contributed by atoms with van der Waals surface area (Å²) in [7, 11) is -3.49. The Morgan fingerprint density at radius 2 is 2.06 bits per heavy atom. The first kappa shape index (κ1) is 12.5. The van der Waals surface area contributed by atoms with Gasteiger partial charge in [0.05, 0.1) is 11.0 Å². The number of benzene rings is 1. The van der Waals surface area contributed by atoms with Crippen molar-refractivity contribution < 1.29 is 13.5 Å². The number of aliphatic hydroxyl groups is 1. The molecule has 2 N–H and O–H groups in total. The van der Waals surface area contributed by atoms with Crippen molar-refractivity contribution in [2.45, 2.75) is 37.2 Å². The lowest BCUT2D eigenvalue weighted by molar-refractivity contribution is 0.198. The summed E-state index contributed by atoms with van der Waals surface area (Å²) < 4.78 is 26.2. The molecule has 1 aromatic rings. The number of aryl methyl sites for hydroxylation is 2. The van der Waals surface area contributed by atoms with Crippen LogP contribution < -0.4 is 4.72 Å². The Morgan fingerprint density at radius 3 is 2.76 bits per heavy atom. The van der Waals surface area contributed by atoms with Gasteiger partial charge in [0, 0.05) is 6.54 Å². The second-order valence-electron chi connectivity index (χ2n) is 4.48. The Morgan fingerprint density at radius 1 is 1.35 bits per heavy atom. The van der Waals surface area contributed by atoms with Crippen molar-refractivity contribution in [3.05, 3.63) is 29.3 Å². The van der Waals surface area contributed by atoms with Crippen molar-refractivity contribution >= 4 is 10.0 Å². The van der Waals surface area contributed by atoms with Crippen LogP contribution in [-0.2, 0) is 22.9 Å². The van der Waals surface area contributed by atoms with Crippen molar-refractivity contribution in [3.8, 4) is 0 Å². The van der Waals surface area contributed by atoms with E-state index in [0.717, 1.165) is 24.8 Å². The molecule has 1 aromatic carbocycles. The minimum atomic E-state index is -3.49. The predicted octanol–water partition coefficient (Wildman–Crippen LogP) is 0.834. The van der Waals surface area contributed by atoms with Crippen LogP contribution in [0.25, 0.3) is 0 Å². The third-order valence-corrected chi connectivity index (χ3v) is 4.37. The van der Waals surface area contributed by atoms with Crippen LogP contribution in [0.1, 0.15) is 24.5 Å². The average molecular weight is 255 g/mol. The van der Waals surface area contributed by atoms with Gasteiger partial charge in [-0.25, -0.2) is 13.1 Å². The zero-order chi connectivity index (χ0) is 12.5. The second kappa shape index (κ2) is 4.76. The number of rotatable bonds is 4. The summed E-state index contributed by atoms with van der Waals surface area (Å²) >= 11 is 0. The molecule has 0 aliphatic heterocycles. The van der Waals surface area contributed by atoms with Crippen molar-refractivity contribution in [1.29, 1.82) is 0 Å². The number of hydrogen-bond donors (Lipinski definition) is 2. The standard InChI is InChI=1S/C12H17NO3S/c1-9(14)8-13-17(15,16)12-6-5-10-3-2-4-11(10)7-12/h5-7,9,13-14H,2-4,8H2,1H3/t9-/m0/s1. The molecule has 5 heteroatoms. The summed E-state index contributed by atoms with van der Waals surface area (Å²) in [6.07, 6.45) is 2.41. The van der Waals surface area contributed by atoms with Crippen LogP contribution in [0.3, 0.4) is 0 Å². The van der Waals surface area contributed by atoms with Gasteiger partial charge in [-0.3, -0.25) is 0 Å². The van der Waals surface area contributed by atoms with Gasteiger partial charge in [0.1, 0.15) is 0 Å². The molecule has 0 aromatic heterocycles. The highest BCUT2D eigenvalue weighted by Gasteiger charge is 2.18. The molecule has 0 spiro atoms. The Bertz CT molecular complexity index is 508. The highest BCUT2D eigenvalue weighted by molar-refractivity contribution is 7.89. The fourth-order valence-corrected chi connectivity index (χ4v) is 3.20. The highest BCUT2D eigenvalue weighted by atomic mass is 32.2. The SMILES string of the molecule is C[C@H](O)CNS(=O)(=O)c1ccc2c(c1)CCC2. The van der Waals surface area contributed by atoms with Gasteiger partial charge in [-0.1, -0.05) is 6.07 Å². The van der Waals surface area contributed by atoms with Gasteiger partial charge in [-0.15, -0.1) is 0 Å². The zero-order valence-corrected chi connectivity index (χ0v) is 10.6. The third-order valence-electron chi connectivity index (χ3n) is 2.95. The molecule has 0 saturated heterocycles. The summed E-state index contributed by atoms with van der Waals surface area (Å²) in [5.74, 6) is 0. The van der Waals surface area contributed by atoms with E-state index in [1.165, 1.54) is 5.56 Å². The van der Waals surface area contributed by atoms with Crippen LogP contribution in [0.5, 0.6) is 0 Å². The van der Waals surface area contributed by atoms with E-state index >= 15 is 0 Å². The summed E-state index contributed by atoms with van der Waals surface area (Å²) in [5, 5.41) is 9.09. The molecule has 4 nitrogen and oxygen atoms in total. The van der Waals surface area contributed by atoms with E-state index in [2.05, 4.69) is 4.72 Å². The van der Waals surface area contributed by atoms with Gasteiger partial charge in [0.15, 0.2) is 0 Å². The molecule has 0 unspecified atom stereocenters. The molecule has 0 saturated carbocycles. The van der Waals surface area contributed by atoms with Crippen LogP contribution in [0.4, 0.5) is 0 Å². The predicted molar refractivity (Wildman–Crippen MR) is 65.3 cm³/mol. The second-order valence-corrected chi connectivity index (χ2v) is 6.25. The van der Waals surface area contributed by atoms with Crippen LogP contribution in [0, 0.1) is 0 Å². The third kappa shape index (κ3) is 2.86. The van der Waals surface area contributed by atoms with E-state index in [1.807, 2.05) is 6.07 Å². The molecular formula is C12H17NO3S. The van der Waals surface area contributed by atoms with Gasteiger partial charge < -0.3 is 5.11 Å². The molecule has 0 amide bonds. The Kier molecular flexibility index (Phi) is 3.51. The molecule has 0 radical (unpaired) electrons. The maximum Gasteiger partial charge on any atom is 0.240 e. The maximum absolute atomic E-state index is 11.9. The van der Waals surface area contributed by atoms with Crippen LogP contribution in [-0.4, -0.2) is 26.2 Å². The average Bonchev–Trinajstić information content (AvgIpc) is 2.73. The molecule has 94 valence electrons. The fraction of sp³-hybridized carbons (Fsp3) is 0.500. The van der Waals surface area contributed by atoms with Crippen LogP contribution in [0.2, 0.25) is 0 Å². The number of nitrogens with one attached hydrogen (secondary N) is 1. The van der Waals surface area contributed by atoms with Gasteiger partial charge in [0.2, 0.25) is 10.0 Å². The quantitative estimate of drug-likeness (QED) is 0.837. The summed E-state index contributed by atoms with van der Waals surface area (Å²) in [6.45, 7) is 1.59. The number of fused-ring (bicyclic) bond motifs is 1. The smallest absolute Gasteiger partial charge is 0.240 e. The van der Waals surface area contributed by atoms with E-state index in [4.69, 9.17) is 5.11 Å². The van der Waals surface area contributed by atoms with Crippen LogP contribution in [0.15, 0.2) is 23.1 Å². The molecule has 17 heavy (non-hydrogen) atoms. The Hall–Kier alpha value is -0.910.